The van der Waals surface area contributed by atoms with Gasteiger partial charge in [-0.25, -0.2) is 9.37 Å². The zero-order chi connectivity index (χ0) is 24.9. The van der Waals surface area contributed by atoms with Gasteiger partial charge in [0.05, 0.1) is 16.8 Å². The normalized spacial score (nSPS) is 11.0. The van der Waals surface area contributed by atoms with Gasteiger partial charge < -0.3 is 14.8 Å². The van der Waals surface area contributed by atoms with Crippen molar-refractivity contribution >= 4 is 27.2 Å². The summed E-state index contributed by atoms with van der Waals surface area (Å²) in [6.07, 6.45) is 0. The van der Waals surface area contributed by atoms with Crippen molar-refractivity contribution in [3.05, 3.63) is 107 Å². The Kier molecular flexibility index (Phi) is 7.14. The van der Waals surface area contributed by atoms with Crippen molar-refractivity contribution in [1.29, 1.82) is 0 Å². The summed E-state index contributed by atoms with van der Waals surface area (Å²) in [7, 11) is 0. The van der Waals surface area contributed by atoms with Gasteiger partial charge in [-0.15, -0.1) is 11.3 Å². The van der Waals surface area contributed by atoms with E-state index in [4.69, 9.17) is 14.5 Å². The number of hydrogen-bond acceptors (Lipinski definition) is 5. The lowest BCUT2D eigenvalue weighted by molar-refractivity contribution is 0.263. The molecular formula is C30H27FN2O2S. The van der Waals surface area contributed by atoms with Crippen LogP contribution in [0.3, 0.4) is 0 Å². The van der Waals surface area contributed by atoms with Crippen molar-refractivity contribution in [1.82, 2.24) is 4.98 Å². The predicted molar refractivity (Wildman–Crippen MR) is 145 cm³/mol. The summed E-state index contributed by atoms with van der Waals surface area (Å²) in [5.74, 6) is 0.987. The van der Waals surface area contributed by atoms with Crippen molar-refractivity contribution in [3.8, 4) is 22.1 Å². The number of fused-ring (bicyclic) bond motifs is 1. The number of ether oxygens (including phenoxy) is 2. The molecule has 1 heterocycles. The van der Waals surface area contributed by atoms with E-state index in [1.54, 1.807) is 29.5 Å². The van der Waals surface area contributed by atoms with Crippen LogP contribution < -0.4 is 14.8 Å². The van der Waals surface area contributed by atoms with Gasteiger partial charge in [0.25, 0.3) is 0 Å². The average molecular weight is 499 g/mol. The third kappa shape index (κ3) is 5.34. The Hall–Kier alpha value is -3.90. The smallest absolute Gasteiger partial charge is 0.166 e. The number of thiazole rings is 1. The quantitative estimate of drug-likeness (QED) is 0.224. The first-order valence-corrected chi connectivity index (χ1v) is 12.7. The van der Waals surface area contributed by atoms with Crippen molar-refractivity contribution in [2.45, 2.75) is 27.0 Å². The lowest BCUT2D eigenvalue weighted by Crippen LogP contribution is -2.07. The minimum atomic E-state index is -0.283. The Morgan fingerprint density at radius 2 is 1.69 bits per heavy atom. The molecule has 0 aliphatic rings. The average Bonchev–Trinajstić information content (AvgIpc) is 3.31. The molecule has 0 aliphatic carbocycles. The van der Waals surface area contributed by atoms with Crippen molar-refractivity contribution in [3.63, 3.8) is 0 Å². The Bertz CT molecular complexity index is 1480. The van der Waals surface area contributed by atoms with Crippen LogP contribution in [-0.2, 0) is 13.2 Å². The number of hydrogen-bond donors (Lipinski definition) is 1. The molecule has 5 rings (SSSR count). The molecule has 0 spiro atoms. The zero-order valence-corrected chi connectivity index (χ0v) is 21.1. The number of aryl methyl sites for hydroxylation is 1. The Morgan fingerprint density at radius 1 is 0.889 bits per heavy atom. The molecule has 0 unspecified atom stereocenters. The first-order chi connectivity index (χ1) is 17.6. The maximum atomic E-state index is 14.1. The maximum Gasteiger partial charge on any atom is 0.166 e. The molecule has 0 saturated carbocycles. The zero-order valence-electron chi connectivity index (χ0n) is 20.3. The molecule has 4 aromatic carbocycles. The Labute approximate surface area is 214 Å². The summed E-state index contributed by atoms with van der Waals surface area (Å²) >= 11 is 1.70. The first kappa shape index (κ1) is 23.8. The van der Waals surface area contributed by atoms with Crippen LogP contribution >= 0.6 is 11.3 Å². The topological polar surface area (TPSA) is 43.4 Å². The van der Waals surface area contributed by atoms with E-state index in [1.165, 1.54) is 16.3 Å². The fraction of sp³-hybridized carbons (Fsp3) is 0.167. The summed E-state index contributed by atoms with van der Waals surface area (Å²) in [5.41, 5.74) is 5.78. The molecule has 0 bridgehead atoms. The standard InChI is InChI=1S/C30H27FN2O2S/c1-3-34-27-10-6-8-22(29(27)35-19-23-7-4-5-9-25(23)31)18-32-24-14-12-21(13-15-24)30-33-26-16-11-20(2)17-28(26)36-30/h4-17,32H,3,18-19H2,1-2H3. The largest absolute Gasteiger partial charge is 0.490 e. The van der Waals surface area contributed by atoms with Crippen LogP contribution in [0.5, 0.6) is 11.5 Å². The molecule has 1 N–H and O–H groups in total. The highest BCUT2D eigenvalue weighted by atomic mass is 32.1. The van der Waals surface area contributed by atoms with Crippen LogP contribution in [0.2, 0.25) is 0 Å². The number of benzene rings is 4. The molecule has 0 aliphatic heterocycles. The highest BCUT2D eigenvalue weighted by molar-refractivity contribution is 7.21. The van der Waals surface area contributed by atoms with Gasteiger partial charge in [-0.2, -0.15) is 0 Å². The van der Waals surface area contributed by atoms with Gasteiger partial charge in [0.15, 0.2) is 11.5 Å². The Morgan fingerprint density at radius 3 is 2.50 bits per heavy atom. The Balaban J connectivity index is 1.31. The minimum absolute atomic E-state index is 0.125. The molecule has 0 saturated heterocycles. The fourth-order valence-corrected chi connectivity index (χ4v) is 5.05. The van der Waals surface area contributed by atoms with Crippen LogP contribution in [0.25, 0.3) is 20.8 Å². The number of aromatic nitrogens is 1. The molecule has 182 valence electrons. The molecular weight excluding hydrogens is 471 g/mol. The van der Waals surface area contributed by atoms with Crippen LogP contribution in [0.1, 0.15) is 23.6 Å². The maximum absolute atomic E-state index is 14.1. The van der Waals surface area contributed by atoms with E-state index in [2.05, 4.69) is 54.7 Å². The summed E-state index contributed by atoms with van der Waals surface area (Å²) < 4.78 is 27.2. The van der Waals surface area contributed by atoms with Crippen molar-refractivity contribution in [2.24, 2.45) is 0 Å². The molecule has 36 heavy (non-hydrogen) atoms. The van der Waals surface area contributed by atoms with Crippen LogP contribution in [0, 0.1) is 12.7 Å². The van der Waals surface area contributed by atoms with Gasteiger partial charge in [0.2, 0.25) is 0 Å². The number of nitrogens with zero attached hydrogens (tertiary/aromatic N) is 1. The van der Waals surface area contributed by atoms with Crippen molar-refractivity contribution in [2.75, 3.05) is 11.9 Å². The number of anilines is 1. The highest BCUT2D eigenvalue weighted by Crippen LogP contribution is 2.34. The molecule has 4 nitrogen and oxygen atoms in total. The third-order valence-corrected chi connectivity index (χ3v) is 6.92. The third-order valence-electron chi connectivity index (χ3n) is 5.85. The summed E-state index contributed by atoms with van der Waals surface area (Å²) in [6, 6.07) is 27.1. The van der Waals surface area contributed by atoms with E-state index in [-0.39, 0.29) is 12.4 Å². The minimum Gasteiger partial charge on any atom is -0.490 e. The molecule has 6 heteroatoms. The molecule has 0 fully saturated rings. The second-order valence-electron chi connectivity index (χ2n) is 8.48. The van der Waals surface area contributed by atoms with Gasteiger partial charge >= 0.3 is 0 Å². The monoisotopic (exact) mass is 498 g/mol. The lowest BCUT2D eigenvalue weighted by atomic mass is 10.1. The number of rotatable bonds is 9. The number of halogens is 1. The van der Waals surface area contributed by atoms with E-state index in [9.17, 15) is 4.39 Å². The van der Waals surface area contributed by atoms with Gasteiger partial charge in [-0.1, -0.05) is 36.4 Å². The second kappa shape index (κ2) is 10.8. The van der Waals surface area contributed by atoms with Crippen LogP contribution in [0.4, 0.5) is 10.1 Å². The second-order valence-corrected chi connectivity index (χ2v) is 9.51. The predicted octanol–water partition coefficient (Wildman–Crippen LogP) is 8.00. The molecule has 5 aromatic rings. The summed E-state index contributed by atoms with van der Waals surface area (Å²) in [4.78, 5) is 4.78. The molecule has 0 amide bonds. The van der Waals surface area contributed by atoms with Gasteiger partial charge in [-0.05, 0) is 67.9 Å². The van der Waals surface area contributed by atoms with Crippen LogP contribution in [0.15, 0.2) is 84.9 Å². The van der Waals surface area contributed by atoms with E-state index in [0.717, 1.165) is 27.3 Å². The highest BCUT2D eigenvalue weighted by Gasteiger charge is 2.13. The van der Waals surface area contributed by atoms with E-state index < -0.39 is 0 Å². The van der Waals surface area contributed by atoms with Crippen LogP contribution in [-0.4, -0.2) is 11.6 Å². The van der Waals surface area contributed by atoms with Gasteiger partial charge in [0.1, 0.15) is 17.4 Å². The van der Waals surface area contributed by atoms with E-state index >= 15 is 0 Å². The fourth-order valence-electron chi connectivity index (χ4n) is 3.98. The van der Waals surface area contributed by atoms with E-state index in [0.29, 0.717) is 30.2 Å². The van der Waals surface area contributed by atoms with Crippen molar-refractivity contribution < 1.29 is 13.9 Å². The number of nitrogens with one attached hydrogen (secondary N) is 1. The summed E-state index contributed by atoms with van der Waals surface area (Å²) in [5, 5.41) is 4.48. The van der Waals surface area contributed by atoms with E-state index in [1.807, 2.05) is 25.1 Å². The molecule has 0 atom stereocenters. The van der Waals surface area contributed by atoms with Gasteiger partial charge in [0, 0.05) is 28.9 Å². The summed E-state index contributed by atoms with van der Waals surface area (Å²) in [6.45, 7) is 5.20. The SMILES string of the molecule is CCOc1cccc(CNc2ccc(-c3nc4ccc(C)cc4s3)cc2)c1OCc1ccccc1F. The first-order valence-electron chi connectivity index (χ1n) is 11.9. The van der Waals surface area contributed by atoms with Gasteiger partial charge in [-0.3, -0.25) is 0 Å². The molecule has 1 aromatic heterocycles. The molecule has 0 radical (unpaired) electrons. The number of para-hydroxylation sites is 1. The lowest BCUT2D eigenvalue weighted by Gasteiger charge is -2.17.